The van der Waals surface area contributed by atoms with E-state index in [-0.39, 0.29) is 18.0 Å². The fourth-order valence-electron chi connectivity index (χ4n) is 4.28. The lowest BCUT2D eigenvalue weighted by Crippen LogP contribution is -2.38. The maximum atomic E-state index is 12.7. The molecule has 0 radical (unpaired) electrons. The Hall–Kier alpha value is -2.53. The summed E-state index contributed by atoms with van der Waals surface area (Å²) in [7, 11) is 0. The lowest BCUT2D eigenvalue weighted by molar-refractivity contribution is -0.123. The van der Waals surface area contributed by atoms with Crippen molar-refractivity contribution in [1.82, 2.24) is 10.2 Å². The molecular formula is C23H28N2O3. The molecule has 0 spiro atoms. The van der Waals surface area contributed by atoms with E-state index in [0.29, 0.717) is 19.8 Å². The molecule has 2 heterocycles. The Morgan fingerprint density at radius 2 is 1.96 bits per heavy atom. The molecular weight excluding hydrogens is 352 g/mol. The molecule has 1 amide bonds. The first-order valence-electron chi connectivity index (χ1n) is 10.1. The first-order valence-corrected chi connectivity index (χ1v) is 10.1. The summed E-state index contributed by atoms with van der Waals surface area (Å²) in [5, 5.41) is 3.16. The van der Waals surface area contributed by atoms with Gasteiger partial charge in [-0.15, -0.1) is 0 Å². The van der Waals surface area contributed by atoms with Crippen molar-refractivity contribution < 1.29 is 14.3 Å². The van der Waals surface area contributed by atoms with E-state index >= 15 is 0 Å². The SMILES string of the molecule is Cc1ccccc1[C@H](C)NC(=O)CN1CCC[C@@H]1c1ccc2c(c1)OCCO2. The van der Waals surface area contributed by atoms with Gasteiger partial charge in [0, 0.05) is 6.04 Å². The topological polar surface area (TPSA) is 50.8 Å². The molecule has 5 heteroatoms. The highest BCUT2D eigenvalue weighted by Gasteiger charge is 2.29. The van der Waals surface area contributed by atoms with Crippen LogP contribution in [0.2, 0.25) is 0 Å². The minimum absolute atomic E-state index is 0.00375. The molecule has 2 aliphatic rings. The summed E-state index contributed by atoms with van der Waals surface area (Å²) < 4.78 is 11.4. The van der Waals surface area contributed by atoms with E-state index in [2.05, 4.69) is 41.4 Å². The number of carbonyl (C=O) groups is 1. The third kappa shape index (κ3) is 3.99. The van der Waals surface area contributed by atoms with Gasteiger partial charge in [-0.25, -0.2) is 0 Å². The zero-order chi connectivity index (χ0) is 19.5. The molecule has 2 aliphatic heterocycles. The van der Waals surface area contributed by atoms with Gasteiger partial charge in [-0.05, 0) is 62.1 Å². The molecule has 4 rings (SSSR count). The highest BCUT2D eigenvalue weighted by molar-refractivity contribution is 5.78. The van der Waals surface area contributed by atoms with Crippen LogP contribution >= 0.6 is 0 Å². The first kappa shape index (κ1) is 18.8. The van der Waals surface area contributed by atoms with Crippen LogP contribution in [0.1, 0.15) is 48.5 Å². The average molecular weight is 380 g/mol. The number of nitrogens with one attached hydrogen (secondary N) is 1. The molecule has 2 aromatic carbocycles. The van der Waals surface area contributed by atoms with Gasteiger partial charge >= 0.3 is 0 Å². The van der Waals surface area contributed by atoms with Gasteiger partial charge in [0.25, 0.3) is 0 Å². The average Bonchev–Trinajstić information content (AvgIpc) is 3.15. The van der Waals surface area contributed by atoms with Crippen LogP contribution in [0, 0.1) is 6.92 Å². The monoisotopic (exact) mass is 380 g/mol. The maximum absolute atomic E-state index is 12.7. The van der Waals surface area contributed by atoms with Gasteiger partial charge in [0.15, 0.2) is 11.5 Å². The number of benzene rings is 2. The van der Waals surface area contributed by atoms with Crippen LogP contribution < -0.4 is 14.8 Å². The molecule has 0 aliphatic carbocycles. The van der Waals surface area contributed by atoms with Crippen molar-refractivity contribution in [2.75, 3.05) is 26.3 Å². The van der Waals surface area contributed by atoms with Gasteiger partial charge < -0.3 is 14.8 Å². The van der Waals surface area contributed by atoms with Crippen LogP contribution in [-0.4, -0.2) is 37.1 Å². The summed E-state index contributed by atoms with van der Waals surface area (Å²) in [6.07, 6.45) is 2.15. The Balaban J connectivity index is 1.41. The second kappa shape index (κ2) is 8.23. The second-order valence-corrected chi connectivity index (χ2v) is 7.68. The summed E-state index contributed by atoms with van der Waals surface area (Å²) in [6.45, 7) is 6.66. The number of likely N-dealkylation sites (tertiary alicyclic amines) is 1. The van der Waals surface area contributed by atoms with Crippen LogP contribution in [-0.2, 0) is 4.79 Å². The molecule has 0 saturated carbocycles. The molecule has 0 unspecified atom stereocenters. The summed E-state index contributed by atoms with van der Waals surface area (Å²) in [6, 6.07) is 14.6. The number of ether oxygens (including phenoxy) is 2. The number of hydrogen-bond donors (Lipinski definition) is 1. The molecule has 1 saturated heterocycles. The largest absolute Gasteiger partial charge is 0.486 e. The number of hydrogen-bond acceptors (Lipinski definition) is 4. The molecule has 0 aromatic heterocycles. The van der Waals surface area contributed by atoms with Crippen LogP contribution in [0.25, 0.3) is 0 Å². The Morgan fingerprint density at radius 3 is 2.79 bits per heavy atom. The summed E-state index contributed by atoms with van der Waals surface area (Å²) in [4.78, 5) is 15.0. The van der Waals surface area contributed by atoms with E-state index in [1.165, 1.54) is 16.7 Å². The molecule has 2 atom stereocenters. The van der Waals surface area contributed by atoms with Crippen LogP contribution in [0.15, 0.2) is 42.5 Å². The van der Waals surface area contributed by atoms with E-state index in [9.17, 15) is 4.79 Å². The Kier molecular flexibility index (Phi) is 5.53. The van der Waals surface area contributed by atoms with Crippen molar-refractivity contribution in [1.29, 1.82) is 0 Å². The third-order valence-corrected chi connectivity index (χ3v) is 5.69. The number of rotatable bonds is 5. The van der Waals surface area contributed by atoms with Crippen molar-refractivity contribution in [3.05, 3.63) is 59.2 Å². The Morgan fingerprint density at radius 1 is 1.18 bits per heavy atom. The summed E-state index contributed by atoms with van der Waals surface area (Å²) in [5.41, 5.74) is 3.56. The van der Waals surface area contributed by atoms with E-state index in [1.807, 2.05) is 25.1 Å². The zero-order valence-electron chi connectivity index (χ0n) is 16.6. The highest BCUT2D eigenvalue weighted by atomic mass is 16.6. The standard InChI is InChI=1S/C23H28N2O3/c1-16-6-3-4-7-19(16)17(2)24-23(26)15-25-11-5-8-20(25)18-9-10-21-22(14-18)28-13-12-27-21/h3-4,6-7,9-10,14,17,20H,5,8,11-13,15H2,1-2H3,(H,24,26)/t17-,20+/m0/s1. The summed E-state index contributed by atoms with van der Waals surface area (Å²) in [5.74, 6) is 1.69. The quantitative estimate of drug-likeness (QED) is 0.858. The smallest absolute Gasteiger partial charge is 0.234 e. The van der Waals surface area contributed by atoms with Gasteiger partial charge in [-0.1, -0.05) is 30.3 Å². The van der Waals surface area contributed by atoms with Crippen molar-refractivity contribution in [3.8, 4) is 11.5 Å². The maximum Gasteiger partial charge on any atom is 0.234 e. The normalized spacial score (nSPS) is 20.0. The van der Waals surface area contributed by atoms with Crippen molar-refractivity contribution in [2.24, 2.45) is 0 Å². The fraction of sp³-hybridized carbons (Fsp3) is 0.435. The first-order chi connectivity index (χ1) is 13.6. The van der Waals surface area contributed by atoms with Gasteiger partial charge in [0.05, 0.1) is 12.6 Å². The van der Waals surface area contributed by atoms with Gasteiger partial charge in [0.2, 0.25) is 5.91 Å². The molecule has 0 bridgehead atoms. The van der Waals surface area contributed by atoms with Crippen molar-refractivity contribution in [2.45, 2.75) is 38.8 Å². The number of fused-ring (bicyclic) bond motifs is 1. The summed E-state index contributed by atoms with van der Waals surface area (Å²) >= 11 is 0. The third-order valence-electron chi connectivity index (χ3n) is 5.69. The number of amides is 1. The molecule has 5 nitrogen and oxygen atoms in total. The van der Waals surface area contributed by atoms with Crippen LogP contribution in [0.5, 0.6) is 11.5 Å². The Bertz CT molecular complexity index is 851. The minimum Gasteiger partial charge on any atom is -0.486 e. The molecule has 2 aromatic rings. The molecule has 148 valence electrons. The van der Waals surface area contributed by atoms with Gasteiger partial charge in [-0.3, -0.25) is 9.69 Å². The van der Waals surface area contributed by atoms with Crippen LogP contribution in [0.4, 0.5) is 0 Å². The predicted molar refractivity (Wildman–Crippen MR) is 109 cm³/mol. The number of carbonyl (C=O) groups excluding carboxylic acids is 1. The second-order valence-electron chi connectivity index (χ2n) is 7.68. The molecule has 28 heavy (non-hydrogen) atoms. The van der Waals surface area contributed by atoms with Gasteiger partial charge in [0.1, 0.15) is 13.2 Å². The van der Waals surface area contributed by atoms with Crippen LogP contribution in [0.3, 0.4) is 0 Å². The predicted octanol–water partition coefficient (Wildman–Crippen LogP) is 3.78. The minimum atomic E-state index is 0.00375. The lowest BCUT2D eigenvalue weighted by Gasteiger charge is -2.27. The van der Waals surface area contributed by atoms with Crippen molar-refractivity contribution in [3.63, 3.8) is 0 Å². The zero-order valence-corrected chi connectivity index (χ0v) is 16.6. The highest BCUT2D eigenvalue weighted by Crippen LogP contribution is 2.37. The molecule has 1 fully saturated rings. The lowest BCUT2D eigenvalue weighted by atomic mass is 10.0. The Labute approximate surface area is 166 Å². The number of nitrogens with zero attached hydrogens (tertiary/aromatic N) is 1. The molecule has 1 N–H and O–H groups in total. The van der Waals surface area contributed by atoms with E-state index < -0.39 is 0 Å². The van der Waals surface area contributed by atoms with E-state index in [1.54, 1.807) is 0 Å². The van der Waals surface area contributed by atoms with E-state index in [4.69, 9.17) is 9.47 Å². The van der Waals surface area contributed by atoms with Crippen molar-refractivity contribution >= 4 is 5.91 Å². The fourth-order valence-corrected chi connectivity index (χ4v) is 4.28. The van der Waals surface area contributed by atoms with E-state index in [0.717, 1.165) is 30.9 Å². The van der Waals surface area contributed by atoms with Gasteiger partial charge in [-0.2, -0.15) is 0 Å². The number of aryl methyl sites for hydroxylation is 1.